The minimum absolute atomic E-state index is 0.515. The molecule has 0 aliphatic rings. The summed E-state index contributed by atoms with van der Waals surface area (Å²) < 4.78 is 0.616. The summed E-state index contributed by atoms with van der Waals surface area (Å²) in [6.45, 7) is 2.13. The van der Waals surface area contributed by atoms with Crippen LogP contribution in [0, 0.1) is 0 Å². The van der Waals surface area contributed by atoms with Crippen LogP contribution in [0.1, 0.15) is 32.6 Å². The highest BCUT2D eigenvalue weighted by atomic mass is 127. The third-order valence-corrected chi connectivity index (χ3v) is 2.61. The first-order chi connectivity index (χ1) is 5.22. The molecule has 0 radical (unpaired) electrons. The predicted molar refractivity (Wildman–Crippen MR) is 55.0 cm³/mol. The predicted octanol–water partition coefficient (Wildman–Crippen LogP) is 1.72. The zero-order valence-electron chi connectivity index (χ0n) is 6.96. The summed E-state index contributed by atoms with van der Waals surface area (Å²) >= 11 is 2.08. The van der Waals surface area contributed by atoms with Gasteiger partial charge in [-0.25, -0.2) is 0 Å². The van der Waals surface area contributed by atoms with Gasteiger partial charge in [-0.3, -0.25) is 0 Å². The lowest BCUT2D eigenvalue weighted by Gasteiger charge is -2.14. The van der Waals surface area contributed by atoms with Crippen molar-refractivity contribution < 1.29 is 10.2 Å². The van der Waals surface area contributed by atoms with Gasteiger partial charge in [0.25, 0.3) is 0 Å². The lowest BCUT2D eigenvalue weighted by atomic mass is 10.1. The molecule has 0 aliphatic carbocycles. The van der Waals surface area contributed by atoms with Crippen LogP contribution in [0.2, 0.25) is 0 Å². The molecule has 0 bridgehead atoms. The van der Waals surface area contributed by atoms with Crippen molar-refractivity contribution in [3.8, 4) is 0 Å². The van der Waals surface area contributed by atoms with Crippen molar-refractivity contribution in [1.82, 2.24) is 0 Å². The molecule has 0 saturated carbocycles. The number of hydrogen-bond acceptors (Lipinski definition) is 2. The maximum absolute atomic E-state index is 9.29. The SMILES string of the molecule is CCCCC[C@H](O)[C@@H](O)CI. The van der Waals surface area contributed by atoms with Gasteiger partial charge in [0, 0.05) is 4.43 Å². The van der Waals surface area contributed by atoms with Crippen LogP contribution in [0.15, 0.2) is 0 Å². The van der Waals surface area contributed by atoms with E-state index in [1.807, 2.05) is 0 Å². The third-order valence-electron chi connectivity index (χ3n) is 1.71. The van der Waals surface area contributed by atoms with E-state index < -0.39 is 12.2 Å². The summed E-state index contributed by atoms with van der Waals surface area (Å²) in [5.74, 6) is 0. The van der Waals surface area contributed by atoms with E-state index in [9.17, 15) is 5.11 Å². The maximum atomic E-state index is 9.29. The number of halogens is 1. The van der Waals surface area contributed by atoms with E-state index in [-0.39, 0.29) is 0 Å². The van der Waals surface area contributed by atoms with Gasteiger partial charge >= 0.3 is 0 Å². The van der Waals surface area contributed by atoms with Gasteiger partial charge in [0.1, 0.15) is 0 Å². The van der Waals surface area contributed by atoms with Crippen LogP contribution in [0.4, 0.5) is 0 Å². The van der Waals surface area contributed by atoms with E-state index in [0.717, 1.165) is 25.7 Å². The summed E-state index contributed by atoms with van der Waals surface area (Å²) in [4.78, 5) is 0. The van der Waals surface area contributed by atoms with E-state index in [0.29, 0.717) is 4.43 Å². The molecule has 0 spiro atoms. The number of aliphatic hydroxyl groups is 2. The Bertz CT molecular complexity index is 88.2. The minimum Gasteiger partial charge on any atom is -0.390 e. The van der Waals surface area contributed by atoms with Crippen LogP contribution < -0.4 is 0 Å². The van der Waals surface area contributed by atoms with Gasteiger partial charge < -0.3 is 10.2 Å². The summed E-state index contributed by atoms with van der Waals surface area (Å²) in [6.07, 6.45) is 3.01. The zero-order valence-corrected chi connectivity index (χ0v) is 9.12. The molecule has 0 aromatic heterocycles. The Labute approximate surface area is 82.1 Å². The molecule has 68 valence electrons. The highest BCUT2D eigenvalue weighted by Crippen LogP contribution is 2.08. The molecule has 0 unspecified atom stereocenters. The van der Waals surface area contributed by atoms with Gasteiger partial charge in [-0.2, -0.15) is 0 Å². The topological polar surface area (TPSA) is 40.5 Å². The highest BCUT2D eigenvalue weighted by molar-refractivity contribution is 14.1. The minimum atomic E-state index is -0.535. The van der Waals surface area contributed by atoms with Gasteiger partial charge in [0.15, 0.2) is 0 Å². The molecule has 0 aromatic rings. The Hall–Kier alpha value is 0.650. The smallest absolute Gasteiger partial charge is 0.0888 e. The number of rotatable bonds is 6. The van der Waals surface area contributed by atoms with Gasteiger partial charge in [0.05, 0.1) is 12.2 Å². The first-order valence-corrected chi connectivity index (χ1v) is 5.67. The maximum Gasteiger partial charge on any atom is 0.0888 e. The van der Waals surface area contributed by atoms with Gasteiger partial charge in [0.2, 0.25) is 0 Å². The largest absolute Gasteiger partial charge is 0.390 e. The molecule has 0 aromatic carbocycles. The molecule has 0 amide bonds. The molecule has 0 aliphatic heterocycles. The molecular formula is C8H17IO2. The molecule has 11 heavy (non-hydrogen) atoms. The Morgan fingerprint density at radius 3 is 2.27 bits per heavy atom. The second-order valence-corrected chi connectivity index (χ2v) is 3.67. The van der Waals surface area contributed by atoms with Crippen molar-refractivity contribution in [2.75, 3.05) is 4.43 Å². The molecule has 0 heterocycles. The van der Waals surface area contributed by atoms with E-state index in [1.165, 1.54) is 0 Å². The second kappa shape index (κ2) is 7.31. The van der Waals surface area contributed by atoms with E-state index in [2.05, 4.69) is 29.5 Å². The molecule has 2 atom stereocenters. The fourth-order valence-corrected chi connectivity index (χ4v) is 1.49. The summed E-state index contributed by atoms with van der Waals surface area (Å²) in [5, 5.41) is 18.5. The normalized spacial score (nSPS) is 16.4. The number of hydrogen-bond donors (Lipinski definition) is 2. The lowest BCUT2D eigenvalue weighted by Crippen LogP contribution is -2.26. The third kappa shape index (κ3) is 5.87. The monoisotopic (exact) mass is 272 g/mol. The lowest BCUT2D eigenvalue weighted by molar-refractivity contribution is 0.0293. The van der Waals surface area contributed by atoms with Crippen LogP contribution in [0.3, 0.4) is 0 Å². The standard InChI is InChI=1S/C8H17IO2/c1-2-3-4-5-7(10)8(11)6-9/h7-8,10-11H,2-6H2,1H3/t7-,8-/m0/s1. The van der Waals surface area contributed by atoms with Crippen LogP contribution in [-0.4, -0.2) is 26.8 Å². The van der Waals surface area contributed by atoms with Crippen molar-refractivity contribution in [2.45, 2.75) is 44.8 Å². The van der Waals surface area contributed by atoms with Crippen molar-refractivity contribution >= 4 is 22.6 Å². The Morgan fingerprint density at radius 1 is 1.18 bits per heavy atom. The molecule has 0 rings (SSSR count). The molecule has 0 fully saturated rings. The molecular weight excluding hydrogens is 255 g/mol. The Morgan fingerprint density at radius 2 is 1.82 bits per heavy atom. The molecule has 3 heteroatoms. The Balaban J connectivity index is 3.28. The number of unbranched alkanes of at least 4 members (excludes halogenated alkanes) is 2. The van der Waals surface area contributed by atoms with E-state index in [4.69, 9.17) is 5.11 Å². The zero-order chi connectivity index (χ0) is 8.69. The van der Waals surface area contributed by atoms with Crippen LogP contribution in [0.5, 0.6) is 0 Å². The van der Waals surface area contributed by atoms with Crippen molar-refractivity contribution in [3.05, 3.63) is 0 Å². The first-order valence-electron chi connectivity index (χ1n) is 4.14. The fraction of sp³-hybridized carbons (Fsp3) is 1.00. The number of alkyl halides is 1. The van der Waals surface area contributed by atoms with Crippen molar-refractivity contribution in [2.24, 2.45) is 0 Å². The van der Waals surface area contributed by atoms with Crippen LogP contribution in [0.25, 0.3) is 0 Å². The average Bonchev–Trinajstić information content (AvgIpc) is 2.03. The average molecular weight is 272 g/mol. The van der Waals surface area contributed by atoms with Gasteiger partial charge in [-0.1, -0.05) is 48.8 Å². The second-order valence-electron chi connectivity index (χ2n) is 2.78. The molecule has 0 saturated heterocycles. The van der Waals surface area contributed by atoms with Gasteiger partial charge in [-0.05, 0) is 6.42 Å². The Kier molecular flexibility index (Phi) is 7.74. The van der Waals surface area contributed by atoms with E-state index in [1.54, 1.807) is 0 Å². The molecule has 2 N–H and O–H groups in total. The quantitative estimate of drug-likeness (QED) is 0.439. The van der Waals surface area contributed by atoms with Crippen molar-refractivity contribution in [1.29, 1.82) is 0 Å². The fourth-order valence-electron chi connectivity index (χ4n) is 0.899. The van der Waals surface area contributed by atoms with Crippen LogP contribution in [-0.2, 0) is 0 Å². The van der Waals surface area contributed by atoms with E-state index >= 15 is 0 Å². The first kappa shape index (κ1) is 11.6. The summed E-state index contributed by atoms with van der Waals surface area (Å²) in [6, 6.07) is 0. The summed E-state index contributed by atoms with van der Waals surface area (Å²) in [5.41, 5.74) is 0. The highest BCUT2D eigenvalue weighted by Gasteiger charge is 2.13. The van der Waals surface area contributed by atoms with Gasteiger partial charge in [-0.15, -0.1) is 0 Å². The van der Waals surface area contributed by atoms with Crippen molar-refractivity contribution in [3.63, 3.8) is 0 Å². The van der Waals surface area contributed by atoms with Crippen LogP contribution >= 0.6 is 22.6 Å². The molecule has 2 nitrogen and oxygen atoms in total. The summed E-state index contributed by atoms with van der Waals surface area (Å²) in [7, 11) is 0. The number of aliphatic hydroxyl groups excluding tert-OH is 2.